The van der Waals surface area contributed by atoms with Gasteiger partial charge in [-0.15, -0.1) is 0 Å². The van der Waals surface area contributed by atoms with Crippen molar-refractivity contribution in [2.24, 2.45) is 0 Å². The molecule has 0 bridgehead atoms. The van der Waals surface area contributed by atoms with E-state index in [0.717, 1.165) is 9.87 Å². The fourth-order valence-corrected chi connectivity index (χ4v) is 4.08. The van der Waals surface area contributed by atoms with Crippen molar-refractivity contribution in [2.75, 3.05) is 10.9 Å². The number of aryl methyl sites for hydroxylation is 1. The number of esters is 1. The van der Waals surface area contributed by atoms with Gasteiger partial charge in [-0.25, -0.2) is 13.2 Å². The average Bonchev–Trinajstić information content (AvgIpc) is 2.57. The SMILES string of the molecule is CCOC(=O)[C@@H](C)N(c1ccc(Cl)cc1)S(=O)(=O)c1ccc(C)cc1. The van der Waals surface area contributed by atoms with E-state index in [1.807, 2.05) is 6.92 Å². The number of hydrogen-bond donors (Lipinski definition) is 0. The minimum Gasteiger partial charge on any atom is -0.464 e. The van der Waals surface area contributed by atoms with Crippen LogP contribution in [0.2, 0.25) is 5.02 Å². The van der Waals surface area contributed by atoms with Crippen LogP contribution < -0.4 is 4.31 Å². The number of nitrogens with zero attached hydrogens (tertiary/aromatic N) is 1. The van der Waals surface area contributed by atoms with Gasteiger partial charge >= 0.3 is 5.97 Å². The summed E-state index contributed by atoms with van der Waals surface area (Å²) in [5.74, 6) is -0.617. The molecule has 25 heavy (non-hydrogen) atoms. The Labute approximate surface area is 153 Å². The molecule has 2 aromatic rings. The molecule has 0 heterocycles. The van der Waals surface area contributed by atoms with Gasteiger partial charge in [0.2, 0.25) is 0 Å². The van der Waals surface area contributed by atoms with E-state index < -0.39 is 22.0 Å². The van der Waals surface area contributed by atoms with Crippen LogP contribution in [0.25, 0.3) is 0 Å². The van der Waals surface area contributed by atoms with Crippen molar-refractivity contribution in [2.45, 2.75) is 31.7 Å². The highest BCUT2D eigenvalue weighted by atomic mass is 35.5. The summed E-state index contributed by atoms with van der Waals surface area (Å²) >= 11 is 5.90. The lowest BCUT2D eigenvalue weighted by atomic mass is 10.2. The Balaban J connectivity index is 2.55. The number of rotatable bonds is 6. The van der Waals surface area contributed by atoms with Crippen LogP contribution in [-0.2, 0) is 19.6 Å². The Kier molecular flexibility index (Phi) is 6.08. The summed E-state index contributed by atoms with van der Waals surface area (Å²) in [5.41, 5.74) is 1.28. The molecule has 1 atom stereocenters. The van der Waals surface area contributed by atoms with Gasteiger partial charge in [0.15, 0.2) is 0 Å². The molecular formula is C18H20ClNO4S. The monoisotopic (exact) mass is 381 g/mol. The first-order chi connectivity index (χ1) is 11.8. The van der Waals surface area contributed by atoms with Crippen molar-refractivity contribution in [3.8, 4) is 0 Å². The van der Waals surface area contributed by atoms with Crippen LogP contribution in [0.5, 0.6) is 0 Å². The maximum Gasteiger partial charge on any atom is 0.329 e. The van der Waals surface area contributed by atoms with Gasteiger partial charge in [0, 0.05) is 5.02 Å². The molecule has 0 unspecified atom stereocenters. The van der Waals surface area contributed by atoms with Crippen molar-refractivity contribution in [3.05, 3.63) is 59.1 Å². The third-order valence-electron chi connectivity index (χ3n) is 3.64. The first-order valence-electron chi connectivity index (χ1n) is 7.80. The van der Waals surface area contributed by atoms with E-state index >= 15 is 0 Å². The lowest BCUT2D eigenvalue weighted by Crippen LogP contribution is -2.44. The average molecular weight is 382 g/mol. The van der Waals surface area contributed by atoms with E-state index in [1.54, 1.807) is 43.3 Å². The standard InChI is InChI=1S/C18H20ClNO4S/c1-4-24-18(21)14(3)20(16-9-7-15(19)8-10-16)25(22,23)17-11-5-13(2)6-12-17/h5-12,14H,4H2,1-3H3/t14-/m1/s1. The number of anilines is 1. The molecule has 0 fully saturated rings. The van der Waals surface area contributed by atoms with E-state index in [4.69, 9.17) is 16.3 Å². The van der Waals surface area contributed by atoms with E-state index in [2.05, 4.69) is 0 Å². The van der Waals surface area contributed by atoms with Gasteiger partial charge in [-0.1, -0.05) is 29.3 Å². The number of halogens is 1. The number of ether oxygens (including phenoxy) is 1. The molecule has 0 amide bonds. The largest absolute Gasteiger partial charge is 0.464 e. The minimum atomic E-state index is -3.96. The van der Waals surface area contributed by atoms with Crippen molar-refractivity contribution in [3.63, 3.8) is 0 Å². The third kappa shape index (κ3) is 4.32. The molecule has 5 nitrogen and oxygen atoms in total. The van der Waals surface area contributed by atoms with Gasteiger partial charge in [-0.05, 0) is 57.2 Å². The Morgan fingerprint density at radius 1 is 1.12 bits per heavy atom. The first-order valence-corrected chi connectivity index (χ1v) is 9.62. The highest BCUT2D eigenvalue weighted by Gasteiger charge is 2.34. The van der Waals surface area contributed by atoms with Gasteiger partial charge in [0.05, 0.1) is 17.2 Å². The van der Waals surface area contributed by atoms with Crippen LogP contribution in [0, 0.1) is 6.92 Å². The molecule has 0 N–H and O–H groups in total. The van der Waals surface area contributed by atoms with Gasteiger partial charge < -0.3 is 4.74 Å². The summed E-state index contributed by atoms with van der Waals surface area (Å²) in [6.07, 6.45) is 0. The Hall–Kier alpha value is -2.05. The molecule has 2 aromatic carbocycles. The van der Waals surface area contributed by atoms with E-state index in [0.29, 0.717) is 10.7 Å². The zero-order valence-corrected chi connectivity index (χ0v) is 15.8. The number of carbonyl (C=O) groups excluding carboxylic acids is 1. The third-order valence-corrected chi connectivity index (χ3v) is 5.80. The summed E-state index contributed by atoms with van der Waals surface area (Å²) in [5, 5.41) is 0.472. The second-order valence-electron chi connectivity index (χ2n) is 5.52. The summed E-state index contributed by atoms with van der Waals surface area (Å²) in [6, 6.07) is 11.7. The summed E-state index contributed by atoms with van der Waals surface area (Å²) < 4.78 is 32.4. The Morgan fingerprint density at radius 3 is 2.20 bits per heavy atom. The predicted molar refractivity (Wildman–Crippen MR) is 98.4 cm³/mol. The zero-order chi connectivity index (χ0) is 18.6. The number of sulfonamides is 1. The van der Waals surface area contributed by atoms with Crippen molar-refractivity contribution >= 4 is 33.3 Å². The normalized spacial score (nSPS) is 12.5. The molecule has 0 spiro atoms. The highest BCUT2D eigenvalue weighted by Crippen LogP contribution is 2.28. The van der Waals surface area contributed by atoms with E-state index in [9.17, 15) is 13.2 Å². The Bertz CT molecular complexity index is 832. The number of hydrogen-bond acceptors (Lipinski definition) is 4. The smallest absolute Gasteiger partial charge is 0.329 e. The predicted octanol–water partition coefficient (Wildman–Crippen LogP) is 3.80. The lowest BCUT2D eigenvalue weighted by Gasteiger charge is -2.29. The fourth-order valence-electron chi connectivity index (χ4n) is 2.34. The van der Waals surface area contributed by atoms with Gasteiger partial charge in [-0.2, -0.15) is 0 Å². The van der Waals surface area contributed by atoms with E-state index in [1.165, 1.54) is 19.1 Å². The highest BCUT2D eigenvalue weighted by molar-refractivity contribution is 7.92. The number of benzene rings is 2. The minimum absolute atomic E-state index is 0.101. The maximum atomic E-state index is 13.2. The zero-order valence-electron chi connectivity index (χ0n) is 14.3. The van der Waals surface area contributed by atoms with Crippen LogP contribution in [0.15, 0.2) is 53.4 Å². The maximum absolute atomic E-state index is 13.2. The van der Waals surface area contributed by atoms with Crippen molar-refractivity contribution < 1.29 is 17.9 Å². The topological polar surface area (TPSA) is 63.7 Å². The van der Waals surface area contributed by atoms with Crippen LogP contribution in [0.3, 0.4) is 0 Å². The van der Waals surface area contributed by atoms with Crippen molar-refractivity contribution in [1.29, 1.82) is 0 Å². The van der Waals surface area contributed by atoms with Crippen LogP contribution >= 0.6 is 11.6 Å². The Morgan fingerprint density at radius 2 is 1.68 bits per heavy atom. The summed E-state index contributed by atoms with van der Waals surface area (Å²) in [7, 11) is -3.96. The molecule has 0 aliphatic carbocycles. The second-order valence-corrected chi connectivity index (χ2v) is 7.77. The van der Waals surface area contributed by atoms with Gasteiger partial charge in [0.25, 0.3) is 10.0 Å². The van der Waals surface area contributed by atoms with Crippen LogP contribution in [0.1, 0.15) is 19.4 Å². The van der Waals surface area contributed by atoms with Gasteiger partial charge in [-0.3, -0.25) is 4.31 Å². The second kappa shape index (κ2) is 7.89. The molecule has 2 rings (SSSR count). The molecule has 134 valence electrons. The molecule has 7 heteroatoms. The molecule has 0 radical (unpaired) electrons. The van der Waals surface area contributed by atoms with Crippen molar-refractivity contribution in [1.82, 2.24) is 0 Å². The van der Waals surface area contributed by atoms with Crippen LogP contribution in [0.4, 0.5) is 5.69 Å². The summed E-state index contributed by atoms with van der Waals surface area (Å²) in [4.78, 5) is 12.3. The van der Waals surface area contributed by atoms with E-state index in [-0.39, 0.29) is 11.5 Å². The number of carbonyl (C=O) groups is 1. The summed E-state index contributed by atoms with van der Waals surface area (Å²) in [6.45, 7) is 5.21. The lowest BCUT2D eigenvalue weighted by molar-refractivity contribution is -0.144. The molecule has 0 aliphatic heterocycles. The molecule has 0 aliphatic rings. The molecule has 0 aromatic heterocycles. The van der Waals surface area contributed by atoms with Gasteiger partial charge in [0.1, 0.15) is 6.04 Å². The fraction of sp³-hybridized carbons (Fsp3) is 0.278. The molecular weight excluding hydrogens is 362 g/mol. The van der Waals surface area contributed by atoms with Crippen LogP contribution in [-0.4, -0.2) is 27.0 Å². The quantitative estimate of drug-likeness (QED) is 0.714. The first kappa shape index (κ1) is 19.3. The molecule has 0 saturated carbocycles. The molecule has 0 saturated heterocycles.